The Hall–Kier alpha value is -1.34. The fourth-order valence-electron chi connectivity index (χ4n) is 3.21. The molecule has 2 aliphatic rings. The number of sulfone groups is 1. The standard InChI is InChI=1S/C17H22N2O3S2/c1-3-4-5-13-6-8-14(9-7-13)19-15-10-24(21,22)11-16(15)23-17(19)18-12(2)20/h6-9,15-16H,3-5,10-11H2,1-2H3. The smallest absolute Gasteiger partial charge is 0.244 e. The molecule has 2 unspecified atom stereocenters. The summed E-state index contributed by atoms with van der Waals surface area (Å²) >= 11 is 1.41. The van der Waals surface area contributed by atoms with E-state index in [0.29, 0.717) is 5.17 Å². The van der Waals surface area contributed by atoms with Gasteiger partial charge in [-0.25, -0.2) is 8.42 Å². The van der Waals surface area contributed by atoms with Gasteiger partial charge < -0.3 is 4.90 Å². The summed E-state index contributed by atoms with van der Waals surface area (Å²) < 4.78 is 24.0. The van der Waals surface area contributed by atoms with Gasteiger partial charge in [0.15, 0.2) is 15.0 Å². The van der Waals surface area contributed by atoms with Gasteiger partial charge >= 0.3 is 0 Å². The number of nitrogens with zero attached hydrogens (tertiary/aromatic N) is 2. The number of benzene rings is 1. The van der Waals surface area contributed by atoms with Gasteiger partial charge in [0.25, 0.3) is 0 Å². The van der Waals surface area contributed by atoms with Crippen LogP contribution in [0.2, 0.25) is 0 Å². The molecule has 5 nitrogen and oxygen atoms in total. The quantitative estimate of drug-likeness (QED) is 0.819. The highest BCUT2D eigenvalue weighted by molar-refractivity contribution is 8.16. The van der Waals surface area contributed by atoms with E-state index in [1.54, 1.807) is 0 Å². The molecule has 1 amide bonds. The van der Waals surface area contributed by atoms with E-state index in [9.17, 15) is 13.2 Å². The van der Waals surface area contributed by atoms with Gasteiger partial charge in [-0.3, -0.25) is 4.79 Å². The first-order valence-corrected chi connectivity index (χ1v) is 10.9. The number of aryl methyl sites for hydroxylation is 1. The van der Waals surface area contributed by atoms with E-state index in [2.05, 4.69) is 24.0 Å². The summed E-state index contributed by atoms with van der Waals surface area (Å²) in [6.45, 7) is 3.59. The van der Waals surface area contributed by atoms with Gasteiger partial charge in [-0.1, -0.05) is 37.2 Å². The summed E-state index contributed by atoms with van der Waals surface area (Å²) in [4.78, 5) is 17.5. The Morgan fingerprint density at radius 3 is 2.62 bits per heavy atom. The van der Waals surface area contributed by atoms with E-state index in [-0.39, 0.29) is 28.7 Å². The molecule has 2 aliphatic heterocycles. The molecule has 0 spiro atoms. The maximum Gasteiger partial charge on any atom is 0.244 e. The zero-order valence-electron chi connectivity index (χ0n) is 13.9. The maximum absolute atomic E-state index is 12.0. The topological polar surface area (TPSA) is 66.8 Å². The molecule has 1 aromatic rings. The van der Waals surface area contributed by atoms with Gasteiger partial charge in [0.1, 0.15) is 0 Å². The molecule has 130 valence electrons. The number of amidine groups is 1. The van der Waals surface area contributed by atoms with E-state index in [1.165, 1.54) is 24.2 Å². The second-order valence-corrected chi connectivity index (χ2v) is 9.71. The number of carbonyl (C=O) groups is 1. The Balaban J connectivity index is 1.90. The molecule has 0 aliphatic carbocycles. The highest BCUT2D eigenvalue weighted by atomic mass is 32.2. The fourth-order valence-corrected chi connectivity index (χ4v) is 7.16. The lowest BCUT2D eigenvalue weighted by molar-refractivity contribution is -0.115. The number of aliphatic imine (C=N–C) groups is 1. The van der Waals surface area contributed by atoms with Gasteiger partial charge in [-0.2, -0.15) is 4.99 Å². The van der Waals surface area contributed by atoms with Crippen LogP contribution >= 0.6 is 11.8 Å². The van der Waals surface area contributed by atoms with Crippen molar-refractivity contribution in [1.82, 2.24) is 0 Å². The molecule has 2 atom stereocenters. The number of anilines is 1. The molecule has 0 radical (unpaired) electrons. The largest absolute Gasteiger partial charge is 0.316 e. The Labute approximate surface area is 147 Å². The summed E-state index contributed by atoms with van der Waals surface area (Å²) in [7, 11) is -3.02. The van der Waals surface area contributed by atoms with E-state index in [4.69, 9.17) is 0 Å². The van der Waals surface area contributed by atoms with Crippen molar-refractivity contribution in [3.05, 3.63) is 29.8 Å². The normalized spacial score (nSPS) is 26.8. The van der Waals surface area contributed by atoms with Crippen LogP contribution in [0.1, 0.15) is 32.3 Å². The van der Waals surface area contributed by atoms with Crippen LogP contribution in [0.5, 0.6) is 0 Å². The number of unbranched alkanes of at least 4 members (excludes halogenated alkanes) is 1. The van der Waals surface area contributed by atoms with Crippen LogP contribution in [0.25, 0.3) is 0 Å². The van der Waals surface area contributed by atoms with Crippen molar-refractivity contribution >= 4 is 38.4 Å². The SMILES string of the molecule is CCCCc1ccc(N2C(=NC(C)=O)SC3CS(=O)(=O)CC32)cc1. The summed E-state index contributed by atoms with van der Waals surface area (Å²) in [5, 5.41) is 0.571. The summed E-state index contributed by atoms with van der Waals surface area (Å²) in [5.41, 5.74) is 2.18. The Morgan fingerprint density at radius 2 is 2.00 bits per heavy atom. The van der Waals surface area contributed by atoms with Gasteiger partial charge in [-0.15, -0.1) is 0 Å². The number of hydrogen-bond acceptors (Lipinski definition) is 4. The third-order valence-electron chi connectivity index (χ3n) is 4.35. The molecular formula is C17H22N2O3S2. The van der Waals surface area contributed by atoms with Crippen LogP contribution in [-0.4, -0.2) is 42.3 Å². The van der Waals surface area contributed by atoms with Crippen LogP contribution in [0.4, 0.5) is 5.69 Å². The Kier molecular flexibility index (Phi) is 5.01. The maximum atomic E-state index is 12.0. The number of carbonyl (C=O) groups excluding carboxylic acids is 1. The summed E-state index contributed by atoms with van der Waals surface area (Å²) in [6.07, 6.45) is 3.35. The lowest BCUT2D eigenvalue weighted by Crippen LogP contribution is -2.37. The molecular weight excluding hydrogens is 344 g/mol. The predicted molar refractivity (Wildman–Crippen MR) is 99.5 cm³/mol. The van der Waals surface area contributed by atoms with Crippen molar-refractivity contribution in [2.24, 2.45) is 4.99 Å². The molecule has 2 heterocycles. The molecule has 1 aromatic carbocycles. The minimum Gasteiger partial charge on any atom is -0.316 e. The third-order valence-corrected chi connectivity index (χ3v) is 7.56. The summed E-state index contributed by atoms with van der Waals surface area (Å²) in [6, 6.07) is 8.04. The first-order chi connectivity index (χ1) is 11.4. The van der Waals surface area contributed by atoms with Crippen molar-refractivity contribution < 1.29 is 13.2 Å². The monoisotopic (exact) mass is 366 g/mol. The average molecular weight is 367 g/mol. The van der Waals surface area contributed by atoms with Crippen molar-refractivity contribution in [2.75, 3.05) is 16.4 Å². The van der Waals surface area contributed by atoms with Gasteiger partial charge in [0.2, 0.25) is 5.91 Å². The number of hydrogen-bond donors (Lipinski definition) is 0. The number of rotatable bonds is 4. The van der Waals surface area contributed by atoms with Crippen LogP contribution < -0.4 is 4.90 Å². The molecule has 2 saturated heterocycles. The van der Waals surface area contributed by atoms with E-state index < -0.39 is 9.84 Å². The minimum atomic E-state index is -3.02. The van der Waals surface area contributed by atoms with Gasteiger partial charge in [0.05, 0.1) is 17.5 Å². The van der Waals surface area contributed by atoms with Gasteiger partial charge in [-0.05, 0) is 30.5 Å². The second kappa shape index (κ2) is 6.88. The Bertz CT molecular complexity index is 757. The molecule has 0 N–H and O–H groups in total. The molecule has 2 fully saturated rings. The van der Waals surface area contributed by atoms with Gasteiger partial charge in [0, 0.05) is 17.9 Å². The Morgan fingerprint density at radius 1 is 1.29 bits per heavy atom. The average Bonchev–Trinajstić information content (AvgIpc) is 2.96. The van der Waals surface area contributed by atoms with Crippen molar-refractivity contribution in [2.45, 2.75) is 44.4 Å². The van der Waals surface area contributed by atoms with E-state index in [0.717, 1.165) is 24.9 Å². The van der Waals surface area contributed by atoms with Crippen LogP contribution in [-0.2, 0) is 21.1 Å². The molecule has 24 heavy (non-hydrogen) atoms. The fraction of sp³-hybridized carbons (Fsp3) is 0.529. The lowest BCUT2D eigenvalue weighted by Gasteiger charge is -2.24. The molecule has 0 bridgehead atoms. The molecule has 0 aromatic heterocycles. The van der Waals surface area contributed by atoms with E-state index in [1.807, 2.05) is 17.0 Å². The lowest BCUT2D eigenvalue weighted by atomic mass is 10.1. The first-order valence-electron chi connectivity index (χ1n) is 8.24. The number of amides is 1. The number of fused-ring (bicyclic) bond motifs is 1. The van der Waals surface area contributed by atoms with Crippen molar-refractivity contribution in [3.8, 4) is 0 Å². The van der Waals surface area contributed by atoms with Crippen molar-refractivity contribution in [3.63, 3.8) is 0 Å². The van der Waals surface area contributed by atoms with Crippen LogP contribution in [0, 0.1) is 0 Å². The van der Waals surface area contributed by atoms with Crippen LogP contribution in [0.15, 0.2) is 29.3 Å². The highest BCUT2D eigenvalue weighted by Crippen LogP contribution is 2.41. The van der Waals surface area contributed by atoms with E-state index >= 15 is 0 Å². The third kappa shape index (κ3) is 3.67. The number of thioether (sulfide) groups is 1. The summed E-state index contributed by atoms with van der Waals surface area (Å²) in [5.74, 6) is 0.0219. The zero-order chi connectivity index (χ0) is 17.3. The predicted octanol–water partition coefficient (Wildman–Crippen LogP) is 2.65. The zero-order valence-corrected chi connectivity index (χ0v) is 15.6. The molecule has 3 rings (SSSR count). The minimum absolute atomic E-state index is 0.0483. The molecule has 0 saturated carbocycles. The second-order valence-electron chi connectivity index (χ2n) is 6.35. The van der Waals surface area contributed by atoms with Crippen LogP contribution in [0.3, 0.4) is 0 Å². The molecule has 7 heteroatoms. The highest BCUT2D eigenvalue weighted by Gasteiger charge is 2.49. The first kappa shape index (κ1) is 17.5. The van der Waals surface area contributed by atoms with Crippen molar-refractivity contribution in [1.29, 1.82) is 0 Å².